The van der Waals surface area contributed by atoms with Crippen LogP contribution in [0.25, 0.3) is 11.5 Å². The minimum Gasteiger partial charge on any atom is -0.389 e. The van der Waals surface area contributed by atoms with E-state index in [0.29, 0.717) is 22.8 Å². The SMILES string of the molecule is Cc1noc(-c2ccccc2C(=O)N(C)CC(C)(C)O)n1. The standard InChI is InChI=1S/C15H19N3O3/c1-10-16-13(21-17-10)11-7-5-6-8-12(11)14(19)18(4)9-15(2,3)20/h5-8,20H,9H2,1-4H3. The minimum absolute atomic E-state index is 0.205. The summed E-state index contributed by atoms with van der Waals surface area (Å²) in [5, 5.41) is 13.6. The van der Waals surface area contributed by atoms with Crippen molar-refractivity contribution in [1.82, 2.24) is 15.0 Å². The molecule has 0 radical (unpaired) electrons. The quantitative estimate of drug-likeness (QED) is 0.929. The zero-order valence-corrected chi connectivity index (χ0v) is 12.6. The lowest BCUT2D eigenvalue weighted by molar-refractivity contribution is 0.0368. The fourth-order valence-electron chi connectivity index (χ4n) is 2.12. The Morgan fingerprint density at radius 2 is 2.05 bits per heavy atom. The summed E-state index contributed by atoms with van der Waals surface area (Å²) < 4.78 is 5.14. The lowest BCUT2D eigenvalue weighted by atomic mass is 10.0. The van der Waals surface area contributed by atoms with Crippen LogP contribution in [0.4, 0.5) is 0 Å². The van der Waals surface area contributed by atoms with E-state index >= 15 is 0 Å². The zero-order chi connectivity index (χ0) is 15.6. The van der Waals surface area contributed by atoms with E-state index in [-0.39, 0.29) is 12.5 Å². The van der Waals surface area contributed by atoms with Crippen molar-refractivity contribution in [3.63, 3.8) is 0 Å². The third-order valence-corrected chi connectivity index (χ3v) is 2.89. The maximum absolute atomic E-state index is 12.5. The summed E-state index contributed by atoms with van der Waals surface area (Å²) in [6, 6.07) is 7.05. The molecule has 1 heterocycles. The van der Waals surface area contributed by atoms with Gasteiger partial charge in [0.1, 0.15) is 0 Å². The second kappa shape index (κ2) is 5.65. The fraction of sp³-hybridized carbons (Fsp3) is 0.400. The fourth-order valence-corrected chi connectivity index (χ4v) is 2.12. The molecule has 1 amide bonds. The smallest absolute Gasteiger partial charge is 0.258 e. The third kappa shape index (κ3) is 3.66. The average Bonchev–Trinajstić information content (AvgIpc) is 2.82. The van der Waals surface area contributed by atoms with Crippen LogP contribution in [0.3, 0.4) is 0 Å². The monoisotopic (exact) mass is 289 g/mol. The van der Waals surface area contributed by atoms with Crippen molar-refractivity contribution in [3.05, 3.63) is 35.7 Å². The molecule has 6 heteroatoms. The van der Waals surface area contributed by atoms with Gasteiger partial charge in [0.2, 0.25) is 0 Å². The molecule has 0 fully saturated rings. The van der Waals surface area contributed by atoms with Crippen LogP contribution < -0.4 is 0 Å². The molecule has 0 aliphatic rings. The van der Waals surface area contributed by atoms with Crippen molar-refractivity contribution in [2.45, 2.75) is 26.4 Å². The summed E-state index contributed by atoms with van der Waals surface area (Å²) in [7, 11) is 1.65. The first-order chi connectivity index (χ1) is 9.78. The van der Waals surface area contributed by atoms with Gasteiger partial charge in [0.15, 0.2) is 5.82 Å². The predicted octanol–water partition coefficient (Wildman–Crippen LogP) is 1.89. The van der Waals surface area contributed by atoms with Crippen molar-refractivity contribution < 1.29 is 14.4 Å². The number of nitrogens with zero attached hydrogens (tertiary/aromatic N) is 3. The summed E-state index contributed by atoms with van der Waals surface area (Å²) in [6.45, 7) is 5.26. The summed E-state index contributed by atoms with van der Waals surface area (Å²) in [4.78, 5) is 18.2. The third-order valence-electron chi connectivity index (χ3n) is 2.89. The summed E-state index contributed by atoms with van der Waals surface area (Å²) in [5.74, 6) is 0.619. The van der Waals surface area contributed by atoms with Gasteiger partial charge in [-0.15, -0.1) is 0 Å². The highest BCUT2D eigenvalue weighted by Gasteiger charge is 2.23. The average molecular weight is 289 g/mol. The van der Waals surface area contributed by atoms with E-state index in [4.69, 9.17) is 4.52 Å². The van der Waals surface area contributed by atoms with E-state index in [1.165, 1.54) is 4.90 Å². The predicted molar refractivity (Wildman–Crippen MR) is 77.7 cm³/mol. The maximum Gasteiger partial charge on any atom is 0.258 e. The van der Waals surface area contributed by atoms with Crippen LogP contribution in [0, 0.1) is 6.92 Å². The first-order valence-corrected chi connectivity index (χ1v) is 6.65. The van der Waals surface area contributed by atoms with Crippen LogP contribution in [0.2, 0.25) is 0 Å². The van der Waals surface area contributed by atoms with E-state index < -0.39 is 5.60 Å². The first-order valence-electron chi connectivity index (χ1n) is 6.65. The van der Waals surface area contributed by atoms with E-state index in [9.17, 15) is 9.90 Å². The Kier molecular flexibility index (Phi) is 4.09. The van der Waals surface area contributed by atoms with Gasteiger partial charge in [-0.3, -0.25) is 4.79 Å². The topological polar surface area (TPSA) is 79.5 Å². The molecule has 0 unspecified atom stereocenters. The van der Waals surface area contributed by atoms with E-state index in [1.807, 2.05) is 6.07 Å². The largest absolute Gasteiger partial charge is 0.389 e. The number of benzene rings is 1. The molecule has 21 heavy (non-hydrogen) atoms. The summed E-state index contributed by atoms with van der Waals surface area (Å²) >= 11 is 0. The number of aliphatic hydroxyl groups is 1. The zero-order valence-electron chi connectivity index (χ0n) is 12.6. The van der Waals surface area contributed by atoms with Gasteiger partial charge in [0, 0.05) is 13.6 Å². The molecule has 1 aromatic carbocycles. The van der Waals surface area contributed by atoms with Crippen LogP contribution in [0.5, 0.6) is 0 Å². The molecular weight excluding hydrogens is 270 g/mol. The number of rotatable bonds is 4. The number of likely N-dealkylation sites (N-methyl/N-ethyl adjacent to an activating group) is 1. The molecule has 0 atom stereocenters. The van der Waals surface area contributed by atoms with Crippen LogP contribution in [0.15, 0.2) is 28.8 Å². The number of aromatic nitrogens is 2. The molecule has 2 rings (SSSR count). The van der Waals surface area contributed by atoms with Gasteiger partial charge >= 0.3 is 0 Å². The lowest BCUT2D eigenvalue weighted by Crippen LogP contribution is -2.39. The highest BCUT2D eigenvalue weighted by atomic mass is 16.5. The number of amides is 1. The number of aryl methyl sites for hydroxylation is 1. The van der Waals surface area contributed by atoms with E-state index in [2.05, 4.69) is 10.1 Å². The lowest BCUT2D eigenvalue weighted by Gasteiger charge is -2.26. The molecule has 0 saturated heterocycles. The molecule has 1 aromatic heterocycles. The molecule has 2 aromatic rings. The number of hydrogen-bond acceptors (Lipinski definition) is 5. The Balaban J connectivity index is 2.34. The molecule has 0 aliphatic carbocycles. The van der Waals surface area contributed by atoms with E-state index in [0.717, 1.165) is 0 Å². The van der Waals surface area contributed by atoms with Gasteiger partial charge < -0.3 is 14.5 Å². The van der Waals surface area contributed by atoms with Crippen molar-refractivity contribution in [3.8, 4) is 11.5 Å². The van der Waals surface area contributed by atoms with Crippen LogP contribution >= 0.6 is 0 Å². The summed E-state index contributed by atoms with van der Waals surface area (Å²) in [5.41, 5.74) is 0.0963. The van der Waals surface area contributed by atoms with Gasteiger partial charge in [0.05, 0.1) is 16.7 Å². The molecule has 0 saturated carbocycles. The molecule has 0 bridgehead atoms. The van der Waals surface area contributed by atoms with Gasteiger partial charge in [-0.05, 0) is 32.9 Å². The van der Waals surface area contributed by atoms with Gasteiger partial charge in [-0.2, -0.15) is 4.98 Å². The van der Waals surface area contributed by atoms with Crippen LogP contribution in [-0.2, 0) is 0 Å². The number of carbonyl (C=O) groups excluding carboxylic acids is 1. The Labute approximate surface area is 123 Å². The van der Waals surface area contributed by atoms with Crippen molar-refractivity contribution in [1.29, 1.82) is 0 Å². The molecular formula is C15H19N3O3. The molecule has 6 nitrogen and oxygen atoms in total. The second-order valence-corrected chi connectivity index (χ2v) is 5.67. The van der Waals surface area contributed by atoms with Crippen LogP contribution in [-0.4, -0.2) is 45.2 Å². The highest BCUT2D eigenvalue weighted by molar-refractivity contribution is 5.99. The molecule has 0 spiro atoms. The Bertz CT molecular complexity index is 644. The highest BCUT2D eigenvalue weighted by Crippen LogP contribution is 2.23. The normalized spacial score (nSPS) is 11.5. The molecule has 112 valence electrons. The second-order valence-electron chi connectivity index (χ2n) is 5.67. The Morgan fingerprint density at radius 1 is 1.38 bits per heavy atom. The van der Waals surface area contributed by atoms with E-state index in [1.54, 1.807) is 46.0 Å². The Morgan fingerprint density at radius 3 is 2.62 bits per heavy atom. The van der Waals surface area contributed by atoms with Crippen molar-refractivity contribution in [2.24, 2.45) is 0 Å². The van der Waals surface area contributed by atoms with Crippen molar-refractivity contribution >= 4 is 5.91 Å². The van der Waals surface area contributed by atoms with Crippen molar-refractivity contribution in [2.75, 3.05) is 13.6 Å². The van der Waals surface area contributed by atoms with Gasteiger partial charge in [0.25, 0.3) is 11.8 Å². The number of carbonyl (C=O) groups is 1. The summed E-state index contributed by atoms with van der Waals surface area (Å²) in [6.07, 6.45) is 0. The molecule has 0 aliphatic heterocycles. The molecule has 1 N–H and O–H groups in total. The maximum atomic E-state index is 12.5. The van der Waals surface area contributed by atoms with Gasteiger partial charge in [-0.1, -0.05) is 17.3 Å². The first kappa shape index (κ1) is 15.2. The number of hydrogen-bond donors (Lipinski definition) is 1. The Hall–Kier alpha value is -2.21. The van der Waals surface area contributed by atoms with Crippen LogP contribution in [0.1, 0.15) is 30.0 Å². The van der Waals surface area contributed by atoms with Gasteiger partial charge in [-0.25, -0.2) is 0 Å². The minimum atomic E-state index is -0.958.